The summed E-state index contributed by atoms with van der Waals surface area (Å²) in [5.41, 5.74) is 1.84. The van der Waals surface area contributed by atoms with Gasteiger partial charge in [0, 0.05) is 56.4 Å². The number of amides is 1. The summed E-state index contributed by atoms with van der Waals surface area (Å²) < 4.78 is 34.0. The number of methoxy groups -OCH3 is 1. The highest BCUT2D eigenvalue weighted by atomic mass is 19.1. The summed E-state index contributed by atoms with van der Waals surface area (Å²) in [5, 5.41) is 9.15. The zero-order valence-electron chi connectivity index (χ0n) is 17.9. The van der Waals surface area contributed by atoms with Gasteiger partial charge in [-0.2, -0.15) is 0 Å². The number of aliphatic hydroxyl groups excluding tert-OH is 1. The van der Waals surface area contributed by atoms with Crippen molar-refractivity contribution in [2.45, 2.75) is 38.0 Å². The molecule has 1 amide bonds. The standard InChI is InChI=1S/C23H28F2N2O4/c1-26(7-8-28)12-15-5-3-4-6-18(15)21(14-29)27-13-16(9-22(27)30)23-19(24)10-17(31-2)11-20(23)25/h10-12,14,16,28H,3-9,13H2,1-2H3/b15-12?,21-18+. The van der Waals surface area contributed by atoms with Crippen molar-refractivity contribution in [2.24, 2.45) is 0 Å². The van der Waals surface area contributed by atoms with E-state index in [0.717, 1.165) is 42.5 Å². The van der Waals surface area contributed by atoms with Gasteiger partial charge in [0.15, 0.2) is 6.29 Å². The maximum Gasteiger partial charge on any atom is 0.227 e. The van der Waals surface area contributed by atoms with Crippen molar-refractivity contribution in [1.82, 2.24) is 9.80 Å². The molecule has 1 aliphatic carbocycles. The van der Waals surface area contributed by atoms with Crippen LogP contribution in [0, 0.1) is 11.6 Å². The van der Waals surface area contributed by atoms with Crippen LogP contribution in [0.3, 0.4) is 0 Å². The summed E-state index contributed by atoms with van der Waals surface area (Å²) >= 11 is 0. The smallest absolute Gasteiger partial charge is 0.227 e. The Bertz CT molecular complexity index is 890. The van der Waals surface area contributed by atoms with Crippen LogP contribution in [0.5, 0.6) is 5.75 Å². The van der Waals surface area contributed by atoms with E-state index in [1.807, 2.05) is 18.1 Å². The summed E-state index contributed by atoms with van der Waals surface area (Å²) in [6.45, 7) is 0.495. The van der Waals surface area contributed by atoms with Gasteiger partial charge < -0.3 is 19.6 Å². The third-order valence-electron chi connectivity index (χ3n) is 5.87. The molecule has 8 heteroatoms. The Morgan fingerprint density at radius 2 is 1.97 bits per heavy atom. The van der Waals surface area contributed by atoms with E-state index < -0.39 is 17.6 Å². The van der Waals surface area contributed by atoms with Crippen LogP contribution < -0.4 is 4.74 Å². The Morgan fingerprint density at radius 3 is 2.58 bits per heavy atom. The molecule has 0 spiro atoms. The van der Waals surface area contributed by atoms with Gasteiger partial charge in [-0.05, 0) is 36.8 Å². The van der Waals surface area contributed by atoms with Crippen LogP contribution in [0.1, 0.15) is 43.6 Å². The number of carbonyl (C=O) groups is 2. The topological polar surface area (TPSA) is 70.1 Å². The highest BCUT2D eigenvalue weighted by molar-refractivity contribution is 5.89. The molecule has 1 aromatic rings. The average molecular weight is 434 g/mol. The summed E-state index contributed by atoms with van der Waals surface area (Å²) in [5.74, 6) is -2.48. The van der Waals surface area contributed by atoms with E-state index in [4.69, 9.17) is 9.84 Å². The second-order valence-electron chi connectivity index (χ2n) is 7.96. The number of likely N-dealkylation sites (N-methyl/N-ethyl adjacent to an activating group) is 1. The normalized spacial score (nSPS) is 22.1. The molecular weight excluding hydrogens is 406 g/mol. The Hall–Kier alpha value is -2.74. The van der Waals surface area contributed by atoms with Crippen LogP contribution in [-0.4, -0.2) is 61.0 Å². The van der Waals surface area contributed by atoms with Crippen molar-refractivity contribution in [3.63, 3.8) is 0 Å². The minimum atomic E-state index is -0.763. The Morgan fingerprint density at radius 1 is 1.29 bits per heavy atom. The fourth-order valence-electron chi connectivity index (χ4n) is 4.35. The number of allylic oxidation sites excluding steroid dienone is 3. The molecule has 3 rings (SSSR count). The summed E-state index contributed by atoms with van der Waals surface area (Å²) in [4.78, 5) is 28.0. The third kappa shape index (κ3) is 4.95. The van der Waals surface area contributed by atoms with Gasteiger partial charge in [-0.15, -0.1) is 0 Å². The number of nitrogens with zero attached hydrogens (tertiary/aromatic N) is 2. The van der Waals surface area contributed by atoms with Crippen molar-refractivity contribution in [3.05, 3.63) is 52.4 Å². The van der Waals surface area contributed by atoms with Gasteiger partial charge in [0.05, 0.1) is 19.4 Å². The number of halogens is 2. The van der Waals surface area contributed by atoms with Gasteiger partial charge in [-0.1, -0.05) is 0 Å². The lowest BCUT2D eigenvalue weighted by molar-refractivity contribution is -0.127. The lowest BCUT2D eigenvalue weighted by atomic mass is 9.88. The van der Waals surface area contributed by atoms with Gasteiger partial charge >= 0.3 is 0 Å². The van der Waals surface area contributed by atoms with E-state index >= 15 is 0 Å². The number of benzene rings is 1. The molecule has 1 aromatic carbocycles. The minimum absolute atomic E-state index is 0.00510. The molecule has 1 aliphatic heterocycles. The zero-order valence-corrected chi connectivity index (χ0v) is 17.9. The lowest BCUT2D eigenvalue weighted by Crippen LogP contribution is -2.28. The Labute approximate surface area is 180 Å². The molecule has 0 bridgehead atoms. The number of likely N-dealkylation sites (tertiary alicyclic amines) is 1. The van der Waals surface area contributed by atoms with Gasteiger partial charge in [0.2, 0.25) is 5.91 Å². The fourth-order valence-corrected chi connectivity index (χ4v) is 4.35. The number of rotatable bonds is 7. The van der Waals surface area contributed by atoms with Gasteiger partial charge in [0.1, 0.15) is 17.4 Å². The predicted molar refractivity (Wildman–Crippen MR) is 111 cm³/mol. The molecule has 168 valence electrons. The van der Waals surface area contributed by atoms with Crippen molar-refractivity contribution in [2.75, 3.05) is 33.9 Å². The first-order chi connectivity index (χ1) is 14.9. The van der Waals surface area contributed by atoms with Crippen molar-refractivity contribution in [1.29, 1.82) is 0 Å². The monoisotopic (exact) mass is 434 g/mol. The van der Waals surface area contributed by atoms with Crippen molar-refractivity contribution in [3.8, 4) is 5.75 Å². The molecule has 6 nitrogen and oxygen atoms in total. The predicted octanol–water partition coefficient (Wildman–Crippen LogP) is 3.12. The number of aliphatic hydroxyl groups is 1. The first-order valence-corrected chi connectivity index (χ1v) is 10.4. The van der Waals surface area contributed by atoms with E-state index in [1.165, 1.54) is 12.0 Å². The van der Waals surface area contributed by atoms with Crippen molar-refractivity contribution >= 4 is 12.2 Å². The van der Waals surface area contributed by atoms with Crippen molar-refractivity contribution < 1.29 is 28.2 Å². The number of ether oxygens (including phenoxy) is 1. The minimum Gasteiger partial charge on any atom is -0.497 e. The van der Waals surface area contributed by atoms with E-state index in [9.17, 15) is 18.4 Å². The van der Waals surface area contributed by atoms with Crippen LogP contribution >= 0.6 is 0 Å². The maximum atomic E-state index is 14.6. The molecular formula is C23H28F2N2O4. The number of aldehydes is 1. The summed E-state index contributed by atoms with van der Waals surface area (Å²) in [6.07, 6.45) is 5.75. The molecule has 1 saturated carbocycles. The zero-order chi connectivity index (χ0) is 22.5. The summed E-state index contributed by atoms with van der Waals surface area (Å²) in [7, 11) is 3.16. The highest BCUT2D eigenvalue weighted by Crippen LogP contribution is 2.38. The molecule has 31 heavy (non-hydrogen) atoms. The molecule has 1 atom stereocenters. The molecule has 1 heterocycles. The van der Waals surface area contributed by atoms with E-state index in [-0.39, 0.29) is 42.5 Å². The van der Waals surface area contributed by atoms with Crippen LogP contribution in [0.4, 0.5) is 8.78 Å². The van der Waals surface area contributed by atoms with Gasteiger partial charge in [-0.3, -0.25) is 9.59 Å². The SMILES string of the molecule is COc1cc(F)c(C2CC(=O)N(/C(C=O)=C3\CCCCC3=CN(C)CCO)C2)c(F)c1. The fraction of sp³-hybridized carbons (Fsp3) is 0.478. The van der Waals surface area contributed by atoms with Crippen LogP contribution in [0.15, 0.2) is 35.2 Å². The first-order valence-electron chi connectivity index (χ1n) is 10.4. The Kier molecular flexibility index (Phi) is 7.43. The molecule has 2 aliphatic rings. The van der Waals surface area contributed by atoms with Crippen LogP contribution in [-0.2, 0) is 9.59 Å². The molecule has 0 aromatic heterocycles. The van der Waals surface area contributed by atoms with E-state index in [2.05, 4.69) is 0 Å². The second kappa shape index (κ2) is 10.0. The second-order valence-corrected chi connectivity index (χ2v) is 7.96. The highest BCUT2D eigenvalue weighted by Gasteiger charge is 2.37. The third-order valence-corrected chi connectivity index (χ3v) is 5.87. The van der Waals surface area contributed by atoms with Gasteiger partial charge in [0.25, 0.3) is 0 Å². The number of hydrogen-bond acceptors (Lipinski definition) is 5. The van der Waals surface area contributed by atoms with E-state index in [0.29, 0.717) is 19.3 Å². The van der Waals surface area contributed by atoms with Crippen LogP contribution in [0.25, 0.3) is 0 Å². The maximum absolute atomic E-state index is 14.6. The molecule has 1 N–H and O–H groups in total. The molecule has 1 unspecified atom stereocenters. The molecule has 2 fully saturated rings. The molecule has 1 saturated heterocycles. The summed E-state index contributed by atoms with van der Waals surface area (Å²) in [6, 6.07) is 2.20. The lowest BCUT2D eigenvalue weighted by Gasteiger charge is -2.27. The first kappa shape index (κ1) is 22.9. The quantitative estimate of drug-likeness (QED) is 0.528. The van der Waals surface area contributed by atoms with Crippen LogP contribution in [0.2, 0.25) is 0 Å². The Balaban J connectivity index is 1.94. The largest absolute Gasteiger partial charge is 0.497 e. The molecule has 0 radical (unpaired) electrons. The average Bonchev–Trinajstić information content (AvgIpc) is 3.10. The van der Waals surface area contributed by atoms with E-state index in [1.54, 1.807) is 0 Å². The number of carbonyl (C=O) groups excluding carboxylic acids is 2. The van der Waals surface area contributed by atoms with Gasteiger partial charge in [-0.25, -0.2) is 8.78 Å². The number of hydrogen-bond donors (Lipinski definition) is 1.